The van der Waals surface area contributed by atoms with E-state index in [0.717, 1.165) is 6.42 Å². The molecule has 0 saturated carbocycles. The minimum atomic E-state index is -0.553. The average Bonchev–Trinajstić information content (AvgIpc) is 2.88. The second-order valence-electron chi connectivity index (χ2n) is 6.76. The van der Waals surface area contributed by atoms with Gasteiger partial charge in [-0.15, -0.1) is 0 Å². The number of aliphatic hydroxyl groups excluding tert-OH is 1. The van der Waals surface area contributed by atoms with Crippen molar-refractivity contribution in [2.24, 2.45) is 11.8 Å². The molecule has 6 nitrogen and oxygen atoms in total. The Bertz CT molecular complexity index is 377. The Morgan fingerprint density at radius 1 is 1.36 bits per heavy atom. The van der Waals surface area contributed by atoms with E-state index in [0.29, 0.717) is 13.0 Å². The minimum Gasteiger partial charge on any atom is -0.458 e. The predicted octanol–water partition coefficient (Wildman–Crippen LogP) is 1.85. The van der Waals surface area contributed by atoms with Crippen LogP contribution in [0.1, 0.15) is 47.5 Å². The van der Waals surface area contributed by atoms with Crippen molar-refractivity contribution in [2.45, 2.75) is 59.1 Å². The van der Waals surface area contributed by atoms with E-state index < -0.39 is 17.6 Å². The van der Waals surface area contributed by atoms with Crippen molar-refractivity contribution >= 4 is 18.6 Å². The van der Waals surface area contributed by atoms with Crippen molar-refractivity contribution in [3.05, 3.63) is 0 Å². The molecule has 0 aliphatic carbocycles. The average molecular weight is 314 g/mol. The minimum absolute atomic E-state index is 0.0485. The molecule has 2 atom stereocenters. The molecule has 0 aromatic rings. The molecule has 0 radical (unpaired) electrons. The van der Waals surface area contributed by atoms with Gasteiger partial charge in [-0.25, -0.2) is 4.79 Å². The van der Waals surface area contributed by atoms with Crippen LogP contribution in [0.4, 0.5) is 0 Å². The first-order chi connectivity index (χ1) is 10.2. The van der Waals surface area contributed by atoms with E-state index in [4.69, 9.17) is 10.1 Å². The Hall–Kier alpha value is -1.43. The van der Waals surface area contributed by atoms with Gasteiger partial charge in [0.2, 0.25) is 5.91 Å². The predicted molar refractivity (Wildman–Crippen MR) is 85.8 cm³/mol. The molecule has 1 saturated heterocycles. The van der Waals surface area contributed by atoms with E-state index in [1.165, 1.54) is 0 Å². The first-order valence-corrected chi connectivity index (χ1v) is 7.67. The van der Waals surface area contributed by atoms with Crippen molar-refractivity contribution in [1.82, 2.24) is 4.90 Å². The lowest BCUT2D eigenvalue weighted by atomic mass is 9.95. The Labute approximate surface area is 133 Å². The molecule has 6 heteroatoms. The highest BCUT2D eigenvalue weighted by Gasteiger charge is 2.39. The molecular formula is C16H30N2O4. The van der Waals surface area contributed by atoms with E-state index in [2.05, 4.69) is 6.72 Å². The lowest BCUT2D eigenvalue weighted by Crippen LogP contribution is -2.47. The van der Waals surface area contributed by atoms with Crippen molar-refractivity contribution in [1.29, 1.82) is 5.41 Å². The SMILES string of the molecule is C=N.CC(C)C(CO)C(=O)N1CCC[C@H]1C(=O)OC(C)(C)C. The molecule has 0 aromatic heterocycles. The molecule has 1 fully saturated rings. The Balaban J connectivity index is 0.00000211. The number of hydrogen-bond donors (Lipinski definition) is 2. The standard InChI is InChI=1S/C15H27NO4.CH3N/c1-10(2)11(9-17)13(18)16-8-6-7-12(16)14(19)20-15(3,4)5;1-2/h10-12,17H,6-9H2,1-5H3;2H,1H2/t11?,12-;/m0./s1. The van der Waals surface area contributed by atoms with Gasteiger partial charge < -0.3 is 20.2 Å². The molecule has 1 aliphatic heterocycles. The number of nitrogens with zero attached hydrogens (tertiary/aromatic N) is 1. The molecular weight excluding hydrogens is 284 g/mol. The van der Waals surface area contributed by atoms with Crippen LogP contribution >= 0.6 is 0 Å². The molecule has 2 N–H and O–H groups in total. The van der Waals surface area contributed by atoms with Gasteiger partial charge >= 0.3 is 5.97 Å². The summed E-state index contributed by atoms with van der Waals surface area (Å²) >= 11 is 0. The van der Waals surface area contributed by atoms with Gasteiger partial charge in [-0.1, -0.05) is 13.8 Å². The summed E-state index contributed by atoms with van der Waals surface area (Å²) in [6.45, 7) is 12.1. The maximum atomic E-state index is 12.5. The highest BCUT2D eigenvalue weighted by molar-refractivity contribution is 5.86. The van der Waals surface area contributed by atoms with Crippen LogP contribution in [-0.2, 0) is 14.3 Å². The molecule has 128 valence electrons. The third-order valence-corrected chi connectivity index (χ3v) is 3.53. The van der Waals surface area contributed by atoms with Crippen molar-refractivity contribution in [3.8, 4) is 0 Å². The van der Waals surface area contributed by atoms with Crippen LogP contribution in [0.2, 0.25) is 0 Å². The normalized spacial score (nSPS) is 19.4. The lowest BCUT2D eigenvalue weighted by Gasteiger charge is -2.30. The quantitative estimate of drug-likeness (QED) is 0.612. The molecule has 1 unspecified atom stereocenters. The summed E-state index contributed by atoms with van der Waals surface area (Å²) in [6, 6.07) is -0.505. The van der Waals surface area contributed by atoms with Crippen LogP contribution < -0.4 is 0 Å². The first kappa shape index (κ1) is 20.6. The fraction of sp³-hybridized carbons (Fsp3) is 0.812. The van der Waals surface area contributed by atoms with Crippen LogP contribution in [0.3, 0.4) is 0 Å². The van der Waals surface area contributed by atoms with Gasteiger partial charge in [-0.05, 0) is 46.2 Å². The van der Waals surface area contributed by atoms with Gasteiger partial charge in [0.1, 0.15) is 11.6 Å². The molecule has 0 aromatic carbocycles. The zero-order chi connectivity index (χ0) is 17.5. The number of aliphatic hydroxyl groups is 1. The van der Waals surface area contributed by atoms with Gasteiger partial charge in [-0.3, -0.25) is 4.79 Å². The monoisotopic (exact) mass is 314 g/mol. The van der Waals surface area contributed by atoms with Gasteiger partial charge in [0.15, 0.2) is 0 Å². The number of hydrogen-bond acceptors (Lipinski definition) is 5. The first-order valence-electron chi connectivity index (χ1n) is 7.67. The number of amides is 1. The summed E-state index contributed by atoms with van der Waals surface area (Å²) in [6.07, 6.45) is 1.43. The zero-order valence-corrected chi connectivity index (χ0v) is 14.4. The van der Waals surface area contributed by atoms with Crippen LogP contribution in [-0.4, -0.2) is 53.4 Å². The van der Waals surface area contributed by atoms with Gasteiger partial charge in [0, 0.05) is 6.54 Å². The summed E-state index contributed by atoms with van der Waals surface area (Å²) in [5.41, 5.74) is -0.553. The highest BCUT2D eigenvalue weighted by Crippen LogP contribution is 2.25. The molecule has 0 spiro atoms. The van der Waals surface area contributed by atoms with Crippen LogP contribution in [0.5, 0.6) is 0 Å². The summed E-state index contributed by atoms with van der Waals surface area (Å²) in [4.78, 5) is 26.2. The van der Waals surface area contributed by atoms with Crippen LogP contribution in [0.15, 0.2) is 0 Å². The zero-order valence-electron chi connectivity index (χ0n) is 14.4. The second-order valence-corrected chi connectivity index (χ2v) is 6.76. The third-order valence-electron chi connectivity index (χ3n) is 3.53. The number of nitrogens with one attached hydrogen (secondary N) is 1. The van der Waals surface area contributed by atoms with Crippen LogP contribution in [0, 0.1) is 17.2 Å². The Morgan fingerprint density at radius 2 is 1.91 bits per heavy atom. The van der Waals surface area contributed by atoms with Crippen LogP contribution in [0.25, 0.3) is 0 Å². The van der Waals surface area contributed by atoms with E-state index in [1.807, 2.05) is 34.6 Å². The largest absolute Gasteiger partial charge is 0.458 e. The summed E-state index contributed by atoms with van der Waals surface area (Å²) in [7, 11) is 0. The molecule has 0 bridgehead atoms. The Morgan fingerprint density at radius 3 is 2.32 bits per heavy atom. The van der Waals surface area contributed by atoms with Gasteiger partial charge in [0.05, 0.1) is 12.5 Å². The molecule has 1 amide bonds. The molecule has 1 rings (SSSR count). The van der Waals surface area contributed by atoms with Crippen molar-refractivity contribution in [2.75, 3.05) is 13.2 Å². The van der Waals surface area contributed by atoms with Gasteiger partial charge in [-0.2, -0.15) is 0 Å². The van der Waals surface area contributed by atoms with E-state index in [1.54, 1.807) is 4.90 Å². The van der Waals surface area contributed by atoms with Crippen molar-refractivity contribution in [3.63, 3.8) is 0 Å². The molecule has 1 aliphatic rings. The third kappa shape index (κ3) is 5.75. The number of carbonyl (C=O) groups is 2. The number of rotatable bonds is 4. The molecule has 22 heavy (non-hydrogen) atoms. The second kappa shape index (κ2) is 8.88. The summed E-state index contributed by atoms with van der Waals surface area (Å²) < 4.78 is 5.38. The maximum Gasteiger partial charge on any atom is 0.329 e. The van der Waals surface area contributed by atoms with Gasteiger partial charge in [0.25, 0.3) is 0 Å². The number of carbonyl (C=O) groups excluding carboxylic acids is 2. The number of ether oxygens (including phenoxy) is 1. The van der Waals surface area contributed by atoms with E-state index in [9.17, 15) is 14.7 Å². The topological polar surface area (TPSA) is 90.7 Å². The molecule has 1 heterocycles. The van der Waals surface area contributed by atoms with E-state index in [-0.39, 0.29) is 24.4 Å². The number of esters is 1. The number of likely N-dealkylation sites (tertiary alicyclic amines) is 1. The smallest absolute Gasteiger partial charge is 0.329 e. The lowest BCUT2D eigenvalue weighted by molar-refractivity contribution is -0.164. The van der Waals surface area contributed by atoms with E-state index >= 15 is 0 Å². The van der Waals surface area contributed by atoms with Crippen molar-refractivity contribution < 1.29 is 19.4 Å². The summed E-state index contributed by atoms with van der Waals surface area (Å²) in [5.74, 6) is -0.884. The highest BCUT2D eigenvalue weighted by atomic mass is 16.6. The maximum absolute atomic E-state index is 12.5. The summed E-state index contributed by atoms with van der Waals surface area (Å²) in [5, 5.41) is 14.9. The Kier molecular flexibility index (Phi) is 8.30. The fourth-order valence-corrected chi connectivity index (χ4v) is 2.43. The fourth-order valence-electron chi connectivity index (χ4n) is 2.43.